The number of phenols is 1. The molecule has 1 aromatic heterocycles. The predicted molar refractivity (Wildman–Crippen MR) is 61.4 cm³/mol. The van der Waals surface area contributed by atoms with Gasteiger partial charge in [0.2, 0.25) is 0 Å². The van der Waals surface area contributed by atoms with Crippen molar-refractivity contribution in [3.05, 3.63) is 53.9 Å². The molecule has 0 bridgehead atoms. The first-order valence-electron chi connectivity index (χ1n) is 5.08. The molecule has 0 spiro atoms. The second-order valence-corrected chi connectivity index (χ2v) is 3.55. The van der Waals surface area contributed by atoms with Crippen molar-refractivity contribution in [2.75, 3.05) is 0 Å². The number of aromatic hydroxyl groups is 1. The van der Waals surface area contributed by atoms with Gasteiger partial charge < -0.3 is 9.84 Å². The van der Waals surface area contributed by atoms with Crippen molar-refractivity contribution < 1.29 is 9.84 Å². The molecule has 2 aromatic rings. The largest absolute Gasteiger partial charge is 0.508 e. The monoisotopic (exact) mass is 215 g/mol. The highest BCUT2D eigenvalue weighted by atomic mass is 16.5. The third kappa shape index (κ3) is 2.73. The van der Waals surface area contributed by atoms with Gasteiger partial charge in [-0.2, -0.15) is 0 Å². The number of pyridine rings is 1. The zero-order chi connectivity index (χ0) is 11.4. The molecule has 0 saturated heterocycles. The molecule has 0 amide bonds. The van der Waals surface area contributed by atoms with Gasteiger partial charge in [-0.05, 0) is 43.3 Å². The summed E-state index contributed by atoms with van der Waals surface area (Å²) >= 11 is 0. The lowest BCUT2D eigenvalue weighted by atomic mass is 10.3. The number of rotatable bonds is 3. The minimum absolute atomic E-state index is 0.237. The van der Waals surface area contributed by atoms with Crippen molar-refractivity contribution >= 4 is 0 Å². The Bertz CT molecular complexity index is 466. The molecule has 2 rings (SSSR count). The number of ether oxygens (including phenoxy) is 1. The van der Waals surface area contributed by atoms with E-state index < -0.39 is 0 Å². The Kier molecular flexibility index (Phi) is 3.05. The molecule has 0 radical (unpaired) electrons. The van der Waals surface area contributed by atoms with E-state index in [1.807, 2.05) is 25.1 Å². The van der Waals surface area contributed by atoms with Gasteiger partial charge in [0.1, 0.15) is 18.1 Å². The summed E-state index contributed by atoms with van der Waals surface area (Å²) in [4.78, 5) is 4.33. The van der Waals surface area contributed by atoms with Crippen LogP contribution in [-0.2, 0) is 6.61 Å². The Morgan fingerprint density at radius 2 is 1.88 bits per heavy atom. The van der Waals surface area contributed by atoms with E-state index in [0.717, 1.165) is 17.1 Å². The first kappa shape index (κ1) is 10.5. The van der Waals surface area contributed by atoms with Crippen LogP contribution in [-0.4, -0.2) is 10.1 Å². The number of nitrogens with zero attached hydrogens (tertiary/aromatic N) is 1. The van der Waals surface area contributed by atoms with Crippen LogP contribution in [0, 0.1) is 6.92 Å². The third-order valence-corrected chi connectivity index (χ3v) is 2.17. The summed E-state index contributed by atoms with van der Waals surface area (Å²) in [6.45, 7) is 2.39. The fourth-order valence-corrected chi connectivity index (χ4v) is 1.38. The summed E-state index contributed by atoms with van der Waals surface area (Å²) in [5, 5.41) is 9.11. The normalized spacial score (nSPS) is 10.1. The van der Waals surface area contributed by atoms with E-state index in [2.05, 4.69) is 4.98 Å². The first-order chi connectivity index (χ1) is 7.74. The minimum atomic E-state index is 0.237. The summed E-state index contributed by atoms with van der Waals surface area (Å²) in [7, 11) is 0. The van der Waals surface area contributed by atoms with E-state index in [1.165, 1.54) is 0 Å². The van der Waals surface area contributed by atoms with E-state index in [1.54, 1.807) is 24.3 Å². The van der Waals surface area contributed by atoms with Crippen LogP contribution in [0.4, 0.5) is 0 Å². The number of benzene rings is 1. The molecule has 0 aliphatic carbocycles. The van der Waals surface area contributed by atoms with E-state index in [0.29, 0.717) is 6.61 Å². The Morgan fingerprint density at radius 1 is 1.12 bits per heavy atom. The summed E-state index contributed by atoms with van der Waals surface area (Å²) in [5.74, 6) is 0.960. The molecule has 0 aliphatic heterocycles. The van der Waals surface area contributed by atoms with Crippen molar-refractivity contribution in [3.8, 4) is 11.5 Å². The zero-order valence-corrected chi connectivity index (χ0v) is 9.05. The van der Waals surface area contributed by atoms with Crippen LogP contribution in [0.5, 0.6) is 11.5 Å². The molecule has 16 heavy (non-hydrogen) atoms. The quantitative estimate of drug-likeness (QED) is 0.855. The molecule has 0 saturated carbocycles. The van der Waals surface area contributed by atoms with Gasteiger partial charge in [-0.15, -0.1) is 0 Å². The molecule has 0 unspecified atom stereocenters. The number of hydrogen-bond donors (Lipinski definition) is 1. The van der Waals surface area contributed by atoms with Crippen LogP contribution in [0.25, 0.3) is 0 Å². The number of phenolic OH excluding ortho intramolecular Hbond substituents is 1. The number of hydrogen-bond acceptors (Lipinski definition) is 3. The number of aryl methyl sites for hydroxylation is 1. The topological polar surface area (TPSA) is 42.4 Å². The molecule has 0 atom stereocenters. The lowest BCUT2D eigenvalue weighted by Crippen LogP contribution is -1.98. The molecule has 1 aromatic carbocycles. The van der Waals surface area contributed by atoms with Gasteiger partial charge in [0, 0.05) is 5.69 Å². The maximum absolute atomic E-state index is 9.11. The fraction of sp³-hybridized carbons (Fsp3) is 0.154. The Labute approximate surface area is 94.3 Å². The molecule has 0 fully saturated rings. The molecule has 3 nitrogen and oxygen atoms in total. The summed E-state index contributed by atoms with van der Waals surface area (Å²) in [6, 6.07) is 12.5. The Balaban J connectivity index is 1.99. The Hall–Kier alpha value is -2.03. The van der Waals surface area contributed by atoms with Crippen LogP contribution >= 0.6 is 0 Å². The first-order valence-corrected chi connectivity index (χ1v) is 5.08. The predicted octanol–water partition coefficient (Wildman–Crippen LogP) is 2.67. The smallest absolute Gasteiger partial charge is 0.130 e. The van der Waals surface area contributed by atoms with Gasteiger partial charge in [0.25, 0.3) is 0 Å². The van der Waals surface area contributed by atoms with Crippen molar-refractivity contribution in [1.82, 2.24) is 4.98 Å². The second kappa shape index (κ2) is 4.66. The van der Waals surface area contributed by atoms with Crippen molar-refractivity contribution in [2.45, 2.75) is 13.5 Å². The van der Waals surface area contributed by atoms with Crippen molar-refractivity contribution in [2.24, 2.45) is 0 Å². The van der Waals surface area contributed by atoms with E-state index >= 15 is 0 Å². The maximum atomic E-state index is 9.11. The lowest BCUT2D eigenvalue weighted by Gasteiger charge is -2.06. The van der Waals surface area contributed by atoms with Crippen LogP contribution in [0.1, 0.15) is 11.4 Å². The van der Waals surface area contributed by atoms with Crippen LogP contribution < -0.4 is 4.74 Å². The lowest BCUT2D eigenvalue weighted by molar-refractivity contribution is 0.300. The highest BCUT2D eigenvalue weighted by Crippen LogP contribution is 2.16. The van der Waals surface area contributed by atoms with E-state index in [4.69, 9.17) is 9.84 Å². The molecular formula is C13H13NO2. The third-order valence-electron chi connectivity index (χ3n) is 2.17. The summed E-state index contributed by atoms with van der Waals surface area (Å²) in [5.41, 5.74) is 1.87. The second-order valence-electron chi connectivity index (χ2n) is 3.55. The van der Waals surface area contributed by atoms with Gasteiger partial charge >= 0.3 is 0 Å². The highest BCUT2D eigenvalue weighted by molar-refractivity contribution is 5.30. The van der Waals surface area contributed by atoms with Gasteiger partial charge in [0.15, 0.2) is 0 Å². The maximum Gasteiger partial charge on any atom is 0.130 e. The van der Waals surface area contributed by atoms with Crippen LogP contribution in [0.2, 0.25) is 0 Å². The molecule has 0 aliphatic rings. The van der Waals surface area contributed by atoms with E-state index in [9.17, 15) is 0 Å². The van der Waals surface area contributed by atoms with Gasteiger partial charge in [-0.3, -0.25) is 4.98 Å². The standard InChI is InChI=1S/C13H13NO2/c1-10-3-2-4-11(14-10)9-16-13-7-5-12(15)6-8-13/h2-8,15H,9H2,1H3. The van der Waals surface area contributed by atoms with Crippen molar-refractivity contribution in [3.63, 3.8) is 0 Å². The van der Waals surface area contributed by atoms with Gasteiger partial charge in [0.05, 0.1) is 5.69 Å². The average molecular weight is 215 g/mol. The number of aromatic nitrogens is 1. The molecule has 1 heterocycles. The van der Waals surface area contributed by atoms with Crippen molar-refractivity contribution in [1.29, 1.82) is 0 Å². The SMILES string of the molecule is Cc1cccc(COc2ccc(O)cc2)n1. The van der Waals surface area contributed by atoms with Gasteiger partial charge in [-0.25, -0.2) is 0 Å². The zero-order valence-electron chi connectivity index (χ0n) is 9.05. The average Bonchev–Trinajstić information content (AvgIpc) is 2.28. The molecule has 1 N–H and O–H groups in total. The molecule has 3 heteroatoms. The highest BCUT2D eigenvalue weighted by Gasteiger charge is 1.97. The summed E-state index contributed by atoms with van der Waals surface area (Å²) in [6.07, 6.45) is 0. The fourth-order valence-electron chi connectivity index (χ4n) is 1.38. The molecule has 82 valence electrons. The van der Waals surface area contributed by atoms with E-state index in [-0.39, 0.29) is 5.75 Å². The van der Waals surface area contributed by atoms with Crippen LogP contribution in [0.15, 0.2) is 42.5 Å². The minimum Gasteiger partial charge on any atom is -0.508 e. The summed E-state index contributed by atoms with van der Waals surface area (Å²) < 4.78 is 5.53. The molecular weight excluding hydrogens is 202 g/mol. The van der Waals surface area contributed by atoms with Crippen LogP contribution in [0.3, 0.4) is 0 Å². The Morgan fingerprint density at radius 3 is 2.56 bits per heavy atom. The van der Waals surface area contributed by atoms with Gasteiger partial charge in [-0.1, -0.05) is 6.07 Å².